The normalized spacial score (nSPS) is 18.8. The smallest absolute Gasteiger partial charge is 0.243 e. The molecule has 1 saturated heterocycles. The summed E-state index contributed by atoms with van der Waals surface area (Å²) in [5, 5.41) is 6.31. The number of rotatable bonds is 13. The van der Waals surface area contributed by atoms with E-state index >= 15 is 4.39 Å². The Bertz CT molecular complexity index is 1020. The monoisotopic (exact) mass is 555 g/mol. The number of carbonyl (C=O) groups is 2. The summed E-state index contributed by atoms with van der Waals surface area (Å²) in [4.78, 5) is 42.5. The molecule has 0 aromatic carbocycles. The number of aromatic nitrogens is 3. The highest BCUT2D eigenvalue weighted by Crippen LogP contribution is 2.31. The van der Waals surface area contributed by atoms with Gasteiger partial charge in [0.15, 0.2) is 17.9 Å². The summed E-state index contributed by atoms with van der Waals surface area (Å²) in [7, 11) is 0. The van der Waals surface area contributed by atoms with E-state index in [1.807, 2.05) is 5.38 Å². The minimum absolute atomic E-state index is 0.0427. The van der Waals surface area contributed by atoms with Crippen molar-refractivity contribution in [1.29, 1.82) is 0 Å². The van der Waals surface area contributed by atoms with Crippen molar-refractivity contribution in [3.8, 4) is 0 Å². The number of ether oxygens (including phenoxy) is 1. The number of hydrogen-bond acceptors (Lipinski definition) is 10. The first-order chi connectivity index (χ1) is 18.0. The number of nitrogens with one attached hydrogen (secondary N) is 3. The molecule has 1 aliphatic heterocycles. The molecule has 2 aromatic heterocycles. The largest absolute Gasteiger partial charge is 0.361 e. The molecule has 2 aromatic rings. The van der Waals surface area contributed by atoms with Crippen LogP contribution in [0.1, 0.15) is 56.4 Å². The first-order valence-corrected chi connectivity index (χ1v) is 13.7. The van der Waals surface area contributed by atoms with Crippen molar-refractivity contribution in [2.24, 2.45) is 11.8 Å². The SMILES string of the molecule is O=CN(C[C@@H](CC1CCCC1)C(=O)NNc1nc(Cl)nc(NCc2nccs2)c1F)OC1CCCCO1. The van der Waals surface area contributed by atoms with Crippen LogP contribution >= 0.6 is 22.9 Å². The molecule has 14 heteroatoms. The summed E-state index contributed by atoms with van der Waals surface area (Å²) in [6.45, 7) is 0.867. The Kier molecular flexibility index (Phi) is 10.2. The van der Waals surface area contributed by atoms with E-state index in [0.29, 0.717) is 31.8 Å². The molecule has 2 fully saturated rings. The number of halogens is 2. The lowest BCUT2D eigenvalue weighted by Gasteiger charge is -2.29. The highest BCUT2D eigenvalue weighted by atomic mass is 35.5. The molecule has 11 nitrogen and oxygen atoms in total. The molecule has 0 radical (unpaired) electrons. The Morgan fingerprint density at radius 1 is 1.27 bits per heavy atom. The highest BCUT2D eigenvalue weighted by molar-refractivity contribution is 7.09. The summed E-state index contributed by atoms with van der Waals surface area (Å²) >= 11 is 7.40. The number of anilines is 2. The number of nitrogens with zero attached hydrogens (tertiary/aromatic N) is 4. The van der Waals surface area contributed by atoms with Crippen LogP contribution in [0.4, 0.5) is 16.0 Å². The predicted molar refractivity (Wildman–Crippen MR) is 136 cm³/mol. The lowest BCUT2D eigenvalue weighted by Crippen LogP contribution is -2.43. The third kappa shape index (κ3) is 8.19. The summed E-state index contributed by atoms with van der Waals surface area (Å²) in [6.07, 6.45) is 9.11. The lowest BCUT2D eigenvalue weighted by atomic mass is 9.92. The molecule has 0 bridgehead atoms. The van der Waals surface area contributed by atoms with Crippen molar-refractivity contribution in [2.75, 3.05) is 23.9 Å². The van der Waals surface area contributed by atoms with Crippen LogP contribution in [-0.4, -0.2) is 51.8 Å². The maximum absolute atomic E-state index is 15.0. The molecule has 4 rings (SSSR count). The fraction of sp³-hybridized carbons (Fsp3) is 0.609. The van der Waals surface area contributed by atoms with E-state index in [1.165, 1.54) is 11.3 Å². The van der Waals surface area contributed by atoms with Gasteiger partial charge >= 0.3 is 0 Å². The van der Waals surface area contributed by atoms with Crippen LogP contribution in [-0.2, 0) is 25.7 Å². The summed E-state index contributed by atoms with van der Waals surface area (Å²) in [6, 6.07) is 0. The lowest BCUT2D eigenvalue weighted by molar-refractivity contribution is -0.276. The van der Waals surface area contributed by atoms with Crippen LogP contribution in [0.5, 0.6) is 0 Å². The topological polar surface area (TPSA) is 131 Å². The first-order valence-electron chi connectivity index (χ1n) is 12.4. The quantitative estimate of drug-likeness (QED) is 0.191. The fourth-order valence-electron chi connectivity index (χ4n) is 4.53. The molecule has 2 atom stereocenters. The summed E-state index contributed by atoms with van der Waals surface area (Å²) in [5.41, 5.74) is 5.06. The fourth-order valence-corrected chi connectivity index (χ4v) is 5.25. The molecular formula is C23H31ClFN7O4S. The van der Waals surface area contributed by atoms with E-state index in [4.69, 9.17) is 21.2 Å². The van der Waals surface area contributed by atoms with Gasteiger partial charge in [-0.3, -0.25) is 20.4 Å². The zero-order valence-electron chi connectivity index (χ0n) is 20.3. The second-order valence-corrected chi connectivity index (χ2v) is 10.4. The van der Waals surface area contributed by atoms with Crippen LogP contribution in [0.15, 0.2) is 11.6 Å². The number of carbonyl (C=O) groups excluding carboxylic acids is 2. The molecule has 1 saturated carbocycles. The van der Waals surface area contributed by atoms with E-state index in [-0.39, 0.29) is 30.0 Å². The maximum atomic E-state index is 15.0. The summed E-state index contributed by atoms with van der Waals surface area (Å²) < 4.78 is 20.6. The second kappa shape index (κ2) is 13.8. The van der Waals surface area contributed by atoms with Gasteiger partial charge in [-0.15, -0.1) is 11.3 Å². The molecule has 3 N–H and O–H groups in total. The van der Waals surface area contributed by atoms with Crippen LogP contribution in [0.2, 0.25) is 5.28 Å². The van der Waals surface area contributed by atoms with Gasteiger partial charge in [-0.05, 0) is 36.8 Å². The van der Waals surface area contributed by atoms with Gasteiger partial charge < -0.3 is 10.1 Å². The molecular weight excluding hydrogens is 525 g/mol. The number of amides is 2. The van der Waals surface area contributed by atoms with Gasteiger partial charge in [-0.2, -0.15) is 14.4 Å². The average Bonchev–Trinajstić information content (AvgIpc) is 3.62. The zero-order valence-corrected chi connectivity index (χ0v) is 21.9. The molecule has 1 aliphatic carbocycles. The van der Waals surface area contributed by atoms with Gasteiger partial charge in [-0.1, -0.05) is 25.7 Å². The van der Waals surface area contributed by atoms with Crippen LogP contribution in [0.3, 0.4) is 0 Å². The third-order valence-electron chi connectivity index (χ3n) is 6.39. The van der Waals surface area contributed by atoms with Crippen LogP contribution < -0.4 is 16.2 Å². The minimum atomic E-state index is -0.805. The third-order valence-corrected chi connectivity index (χ3v) is 7.34. The second-order valence-electron chi connectivity index (χ2n) is 9.09. The van der Waals surface area contributed by atoms with Crippen LogP contribution in [0.25, 0.3) is 0 Å². The molecule has 37 heavy (non-hydrogen) atoms. The van der Waals surface area contributed by atoms with Crippen molar-refractivity contribution in [3.05, 3.63) is 27.7 Å². The average molecular weight is 556 g/mol. The van der Waals surface area contributed by atoms with Gasteiger partial charge in [0, 0.05) is 24.6 Å². The molecule has 3 heterocycles. The van der Waals surface area contributed by atoms with Crippen molar-refractivity contribution in [2.45, 2.75) is 64.2 Å². The number of hydrazine groups is 1. The predicted octanol–water partition coefficient (Wildman–Crippen LogP) is 3.89. The Morgan fingerprint density at radius 2 is 2.05 bits per heavy atom. The first kappa shape index (κ1) is 27.4. The standard InChI is InChI=1S/C23H31ClFN7O4S/c24-23-28-20(27-12-17-26-8-10-37-17)19(25)21(29-23)30-31-22(34)16(11-15-5-1-2-6-15)13-32(14-33)36-18-7-3-4-9-35-18/h8,10,14-16,18H,1-7,9,11-13H2,(H,31,34)(H2,27,28,29,30)/t16-,18?/m1/s1. The van der Waals surface area contributed by atoms with Gasteiger partial charge in [0.2, 0.25) is 23.4 Å². The maximum Gasteiger partial charge on any atom is 0.243 e. The van der Waals surface area contributed by atoms with E-state index in [2.05, 4.69) is 31.1 Å². The summed E-state index contributed by atoms with van der Waals surface area (Å²) in [5.74, 6) is -1.86. The Balaban J connectivity index is 1.39. The molecule has 2 aliphatic rings. The minimum Gasteiger partial charge on any atom is -0.361 e. The number of hydrogen-bond donors (Lipinski definition) is 3. The van der Waals surface area contributed by atoms with Crippen LogP contribution in [0, 0.1) is 17.7 Å². The van der Waals surface area contributed by atoms with Gasteiger partial charge in [0.1, 0.15) is 5.01 Å². The van der Waals surface area contributed by atoms with Crippen molar-refractivity contribution in [3.63, 3.8) is 0 Å². The zero-order chi connectivity index (χ0) is 26.0. The number of hydroxylamine groups is 2. The van der Waals surface area contributed by atoms with Crippen molar-refractivity contribution >= 4 is 46.9 Å². The molecule has 202 valence electrons. The Hall–Kier alpha value is -2.61. The Morgan fingerprint density at radius 3 is 2.76 bits per heavy atom. The van der Waals surface area contributed by atoms with Gasteiger partial charge in [0.25, 0.3) is 0 Å². The van der Waals surface area contributed by atoms with Crippen molar-refractivity contribution < 1.29 is 23.6 Å². The van der Waals surface area contributed by atoms with Gasteiger partial charge in [-0.25, -0.2) is 14.9 Å². The molecule has 0 spiro atoms. The Labute approximate surface area is 223 Å². The van der Waals surface area contributed by atoms with E-state index in [1.54, 1.807) is 6.20 Å². The van der Waals surface area contributed by atoms with E-state index in [9.17, 15) is 9.59 Å². The van der Waals surface area contributed by atoms with E-state index in [0.717, 1.165) is 48.6 Å². The number of thiazole rings is 1. The molecule has 2 amide bonds. The van der Waals surface area contributed by atoms with E-state index < -0.39 is 23.9 Å². The molecule has 1 unspecified atom stereocenters. The van der Waals surface area contributed by atoms with Crippen molar-refractivity contribution in [1.82, 2.24) is 25.4 Å². The van der Waals surface area contributed by atoms with Gasteiger partial charge in [0.05, 0.1) is 19.0 Å². The highest BCUT2D eigenvalue weighted by Gasteiger charge is 2.29.